The maximum Gasteiger partial charge on any atom is 0.0571 e. The number of nitrogens with one attached hydrogen (secondary N) is 1. The zero-order valence-electron chi connectivity index (χ0n) is 6.73. The summed E-state index contributed by atoms with van der Waals surface area (Å²) >= 11 is 0. The lowest BCUT2D eigenvalue weighted by atomic mass is 10.1. The summed E-state index contributed by atoms with van der Waals surface area (Å²) in [7, 11) is 2.16. The van der Waals surface area contributed by atoms with Gasteiger partial charge in [-0.15, -0.1) is 0 Å². The standard InChI is InChI=1S/C7H16N2/c1-6-8-5-7(2,3)9(6)4/h6,8H,5H2,1-4H3. The Bertz CT molecular complexity index is 109. The van der Waals surface area contributed by atoms with E-state index in [9.17, 15) is 0 Å². The summed E-state index contributed by atoms with van der Waals surface area (Å²) in [6.07, 6.45) is 0.542. The quantitative estimate of drug-likeness (QED) is 0.515. The molecule has 1 atom stereocenters. The molecule has 0 radical (unpaired) electrons. The fourth-order valence-electron chi connectivity index (χ4n) is 1.18. The van der Waals surface area contributed by atoms with Gasteiger partial charge in [-0.25, -0.2) is 0 Å². The van der Waals surface area contributed by atoms with Gasteiger partial charge in [0.2, 0.25) is 0 Å². The van der Waals surface area contributed by atoms with Gasteiger partial charge in [-0.1, -0.05) is 0 Å². The van der Waals surface area contributed by atoms with E-state index in [1.165, 1.54) is 0 Å². The number of hydrogen-bond acceptors (Lipinski definition) is 2. The van der Waals surface area contributed by atoms with E-state index in [1.54, 1.807) is 0 Å². The van der Waals surface area contributed by atoms with Crippen LogP contribution in [0.1, 0.15) is 20.8 Å². The van der Waals surface area contributed by atoms with Crippen molar-refractivity contribution in [3.05, 3.63) is 0 Å². The lowest BCUT2D eigenvalue weighted by molar-refractivity contribution is 0.182. The molecule has 0 amide bonds. The molecule has 0 aromatic rings. The fraction of sp³-hybridized carbons (Fsp3) is 1.00. The van der Waals surface area contributed by atoms with Gasteiger partial charge in [0.25, 0.3) is 0 Å². The minimum Gasteiger partial charge on any atom is -0.300 e. The van der Waals surface area contributed by atoms with E-state index in [1.807, 2.05) is 0 Å². The van der Waals surface area contributed by atoms with E-state index in [4.69, 9.17) is 0 Å². The Morgan fingerprint density at radius 2 is 2.11 bits per heavy atom. The van der Waals surface area contributed by atoms with Crippen LogP contribution in [-0.2, 0) is 0 Å². The van der Waals surface area contributed by atoms with Crippen molar-refractivity contribution in [2.75, 3.05) is 13.6 Å². The SMILES string of the molecule is CC1NCC(C)(C)N1C. The zero-order chi connectivity index (χ0) is 7.07. The lowest BCUT2D eigenvalue weighted by Gasteiger charge is -2.28. The van der Waals surface area contributed by atoms with Crippen LogP contribution in [0.2, 0.25) is 0 Å². The van der Waals surface area contributed by atoms with E-state index in [0.29, 0.717) is 11.7 Å². The molecular weight excluding hydrogens is 112 g/mol. The molecule has 0 aromatic carbocycles. The molecule has 2 nitrogen and oxygen atoms in total. The smallest absolute Gasteiger partial charge is 0.0571 e. The average molecular weight is 128 g/mol. The van der Waals surface area contributed by atoms with Crippen molar-refractivity contribution in [1.29, 1.82) is 0 Å². The van der Waals surface area contributed by atoms with Gasteiger partial charge < -0.3 is 5.32 Å². The van der Waals surface area contributed by atoms with Gasteiger partial charge in [0, 0.05) is 12.1 Å². The second-order valence-electron chi connectivity index (χ2n) is 3.48. The van der Waals surface area contributed by atoms with Gasteiger partial charge in [-0.3, -0.25) is 4.90 Å². The molecule has 1 rings (SSSR count). The van der Waals surface area contributed by atoms with Gasteiger partial charge in [0.05, 0.1) is 6.17 Å². The Morgan fingerprint density at radius 1 is 1.56 bits per heavy atom. The largest absolute Gasteiger partial charge is 0.300 e. The molecule has 0 bridgehead atoms. The molecule has 1 unspecified atom stereocenters. The summed E-state index contributed by atoms with van der Waals surface area (Å²) in [5.41, 5.74) is 0.347. The van der Waals surface area contributed by atoms with Crippen LogP contribution in [0.15, 0.2) is 0 Å². The molecular formula is C7H16N2. The van der Waals surface area contributed by atoms with Crippen molar-refractivity contribution in [1.82, 2.24) is 10.2 Å². The van der Waals surface area contributed by atoms with Crippen molar-refractivity contribution in [2.45, 2.75) is 32.5 Å². The maximum absolute atomic E-state index is 3.39. The van der Waals surface area contributed by atoms with Crippen molar-refractivity contribution >= 4 is 0 Å². The molecule has 1 aliphatic heterocycles. The molecule has 1 saturated heterocycles. The van der Waals surface area contributed by atoms with Crippen LogP contribution in [0, 0.1) is 0 Å². The van der Waals surface area contributed by atoms with Crippen molar-refractivity contribution < 1.29 is 0 Å². The summed E-state index contributed by atoms with van der Waals surface area (Å²) in [6, 6.07) is 0. The zero-order valence-corrected chi connectivity index (χ0v) is 6.73. The second kappa shape index (κ2) is 1.96. The first-order chi connectivity index (χ1) is 4.04. The van der Waals surface area contributed by atoms with E-state index >= 15 is 0 Å². The molecule has 0 aliphatic carbocycles. The first-order valence-electron chi connectivity index (χ1n) is 3.50. The summed E-state index contributed by atoms with van der Waals surface area (Å²) in [5, 5.41) is 3.39. The first-order valence-corrected chi connectivity index (χ1v) is 3.50. The van der Waals surface area contributed by atoms with Crippen LogP contribution in [0.5, 0.6) is 0 Å². The third kappa shape index (κ3) is 1.10. The topological polar surface area (TPSA) is 15.3 Å². The van der Waals surface area contributed by atoms with E-state index < -0.39 is 0 Å². The highest BCUT2D eigenvalue weighted by Crippen LogP contribution is 2.18. The monoisotopic (exact) mass is 128 g/mol. The summed E-state index contributed by atoms with van der Waals surface area (Å²) in [6.45, 7) is 7.80. The summed E-state index contributed by atoms with van der Waals surface area (Å²) in [5.74, 6) is 0. The number of nitrogens with zero attached hydrogens (tertiary/aromatic N) is 1. The van der Waals surface area contributed by atoms with Crippen LogP contribution in [0.4, 0.5) is 0 Å². The van der Waals surface area contributed by atoms with Crippen LogP contribution in [0.25, 0.3) is 0 Å². The molecule has 9 heavy (non-hydrogen) atoms. The van der Waals surface area contributed by atoms with Gasteiger partial charge in [-0.2, -0.15) is 0 Å². The maximum atomic E-state index is 3.39. The van der Waals surface area contributed by atoms with E-state index in [0.717, 1.165) is 6.54 Å². The van der Waals surface area contributed by atoms with Crippen LogP contribution in [0.3, 0.4) is 0 Å². The summed E-state index contributed by atoms with van der Waals surface area (Å²) in [4.78, 5) is 2.35. The van der Waals surface area contributed by atoms with E-state index in [2.05, 4.69) is 38.0 Å². The molecule has 1 N–H and O–H groups in total. The average Bonchev–Trinajstić information content (AvgIpc) is 1.97. The molecule has 1 heterocycles. The minimum absolute atomic E-state index is 0.347. The number of likely N-dealkylation sites (N-methyl/N-ethyl adjacent to an activating group) is 1. The Balaban J connectivity index is 2.62. The summed E-state index contributed by atoms with van der Waals surface area (Å²) < 4.78 is 0. The Kier molecular flexibility index (Phi) is 1.53. The van der Waals surface area contributed by atoms with E-state index in [-0.39, 0.29) is 0 Å². The molecule has 0 aromatic heterocycles. The normalized spacial score (nSPS) is 35.3. The van der Waals surface area contributed by atoms with Gasteiger partial charge in [-0.05, 0) is 27.8 Å². The first kappa shape index (κ1) is 7.03. The highest BCUT2D eigenvalue weighted by Gasteiger charge is 2.33. The fourth-order valence-corrected chi connectivity index (χ4v) is 1.18. The molecule has 0 saturated carbocycles. The number of hydrogen-bond donors (Lipinski definition) is 1. The van der Waals surface area contributed by atoms with Gasteiger partial charge in [0.1, 0.15) is 0 Å². The molecule has 1 fully saturated rings. The molecule has 1 aliphatic rings. The highest BCUT2D eigenvalue weighted by atomic mass is 15.4. The van der Waals surface area contributed by atoms with Crippen LogP contribution < -0.4 is 5.32 Å². The Hall–Kier alpha value is -0.0800. The Labute approximate surface area is 57.2 Å². The third-order valence-electron chi connectivity index (χ3n) is 2.37. The lowest BCUT2D eigenvalue weighted by Crippen LogP contribution is -2.40. The third-order valence-corrected chi connectivity index (χ3v) is 2.37. The molecule has 54 valence electrons. The van der Waals surface area contributed by atoms with Crippen molar-refractivity contribution in [3.63, 3.8) is 0 Å². The van der Waals surface area contributed by atoms with Gasteiger partial charge in [0.15, 0.2) is 0 Å². The predicted octanol–water partition coefficient (Wildman–Crippen LogP) is 0.646. The highest BCUT2D eigenvalue weighted by molar-refractivity contribution is 4.90. The van der Waals surface area contributed by atoms with Crippen LogP contribution >= 0.6 is 0 Å². The number of rotatable bonds is 0. The minimum atomic E-state index is 0.347. The van der Waals surface area contributed by atoms with Crippen LogP contribution in [-0.4, -0.2) is 30.2 Å². The Morgan fingerprint density at radius 3 is 2.22 bits per heavy atom. The molecule has 2 heteroatoms. The van der Waals surface area contributed by atoms with Gasteiger partial charge >= 0.3 is 0 Å². The second-order valence-corrected chi connectivity index (χ2v) is 3.48. The van der Waals surface area contributed by atoms with Crippen molar-refractivity contribution in [2.24, 2.45) is 0 Å². The predicted molar refractivity (Wildman–Crippen MR) is 39.3 cm³/mol. The van der Waals surface area contributed by atoms with Crippen molar-refractivity contribution in [3.8, 4) is 0 Å². The molecule has 0 spiro atoms.